The van der Waals surface area contributed by atoms with E-state index in [1.807, 2.05) is 31.2 Å². The van der Waals surface area contributed by atoms with Gasteiger partial charge in [-0.1, -0.05) is 46.7 Å². The van der Waals surface area contributed by atoms with Gasteiger partial charge in [0.2, 0.25) is 0 Å². The lowest BCUT2D eigenvalue weighted by Crippen LogP contribution is -2.08. The number of halogens is 3. The number of hydrogen-bond acceptors (Lipinski definition) is 5. The van der Waals surface area contributed by atoms with Gasteiger partial charge in [-0.2, -0.15) is 13.2 Å². The first-order valence-corrected chi connectivity index (χ1v) is 7.96. The molecule has 124 valence electrons. The topological polar surface area (TPSA) is 51.8 Å². The highest BCUT2D eigenvalue weighted by atomic mass is 32.2. The zero-order chi connectivity index (χ0) is 17.2. The number of rotatable bonds is 4. The minimum atomic E-state index is -4.48. The van der Waals surface area contributed by atoms with E-state index in [-0.39, 0.29) is 5.16 Å². The molecule has 24 heavy (non-hydrogen) atoms. The lowest BCUT2D eigenvalue weighted by Gasteiger charge is -2.05. The maximum atomic E-state index is 12.6. The molecule has 0 spiro atoms. The van der Waals surface area contributed by atoms with Gasteiger partial charge >= 0.3 is 6.18 Å². The Hall–Kier alpha value is -2.35. The maximum Gasteiger partial charge on any atom is 0.433 e. The lowest BCUT2D eigenvalue weighted by atomic mass is 10.1. The van der Waals surface area contributed by atoms with Gasteiger partial charge < -0.3 is 4.52 Å². The molecule has 0 unspecified atom stereocenters. The second-order valence-corrected chi connectivity index (χ2v) is 6.00. The van der Waals surface area contributed by atoms with Gasteiger partial charge in [-0.15, -0.1) is 0 Å². The Morgan fingerprint density at radius 3 is 2.58 bits per heavy atom. The number of aromatic nitrogens is 3. The summed E-state index contributed by atoms with van der Waals surface area (Å²) in [4.78, 5) is 7.33. The van der Waals surface area contributed by atoms with Crippen molar-refractivity contribution in [1.82, 2.24) is 15.1 Å². The number of alkyl halides is 3. The van der Waals surface area contributed by atoms with E-state index in [4.69, 9.17) is 4.52 Å². The molecule has 2 aromatic heterocycles. The molecule has 3 aromatic rings. The van der Waals surface area contributed by atoms with Crippen LogP contribution < -0.4 is 0 Å². The van der Waals surface area contributed by atoms with Gasteiger partial charge in [0, 0.05) is 17.8 Å². The lowest BCUT2D eigenvalue weighted by molar-refractivity contribution is -0.141. The van der Waals surface area contributed by atoms with Crippen molar-refractivity contribution in [3.8, 4) is 11.3 Å². The third kappa shape index (κ3) is 3.94. The SMILES string of the molecule is Cc1ccc(-c2cc(CSc3nccc(C(F)(F)F)n3)on2)cc1. The third-order valence-corrected chi connectivity index (χ3v) is 4.06. The van der Waals surface area contributed by atoms with Crippen molar-refractivity contribution >= 4 is 11.8 Å². The highest BCUT2D eigenvalue weighted by molar-refractivity contribution is 7.98. The molecule has 8 heteroatoms. The zero-order valence-electron chi connectivity index (χ0n) is 12.5. The van der Waals surface area contributed by atoms with Crippen LogP contribution in [0.5, 0.6) is 0 Å². The van der Waals surface area contributed by atoms with Gasteiger partial charge in [0.05, 0.1) is 5.75 Å². The van der Waals surface area contributed by atoms with Crippen molar-refractivity contribution in [1.29, 1.82) is 0 Å². The highest BCUT2D eigenvalue weighted by Gasteiger charge is 2.32. The van der Waals surface area contributed by atoms with Gasteiger partial charge in [0.15, 0.2) is 5.16 Å². The molecule has 0 radical (unpaired) electrons. The minimum absolute atomic E-state index is 0.0399. The number of nitrogens with zero attached hydrogens (tertiary/aromatic N) is 3. The Labute approximate surface area is 140 Å². The summed E-state index contributed by atoms with van der Waals surface area (Å²) in [6.07, 6.45) is -3.39. The van der Waals surface area contributed by atoms with Crippen LogP contribution in [0.25, 0.3) is 11.3 Å². The summed E-state index contributed by atoms with van der Waals surface area (Å²) in [7, 11) is 0. The molecule has 0 atom stereocenters. The molecule has 0 saturated heterocycles. The minimum Gasteiger partial charge on any atom is -0.360 e. The number of hydrogen-bond donors (Lipinski definition) is 0. The van der Waals surface area contributed by atoms with Crippen LogP contribution in [0, 0.1) is 6.92 Å². The zero-order valence-corrected chi connectivity index (χ0v) is 13.4. The van der Waals surface area contributed by atoms with Crippen LogP contribution in [-0.2, 0) is 11.9 Å². The van der Waals surface area contributed by atoms with Gasteiger partial charge in [0.25, 0.3) is 0 Å². The van der Waals surface area contributed by atoms with Crippen LogP contribution in [0.1, 0.15) is 17.0 Å². The summed E-state index contributed by atoms with van der Waals surface area (Å²) in [6, 6.07) is 10.4. The first kappa shape index (κ1) is 16.5. The molecule has 3 rings (SSSR count). The molecule has 0 aliphatic rings. The molecule has 0 N–H and O–H groups in total. The fraction of sp³-hybridized carbons (Fsp3) is 0.188. The molecular weight excluding hydrogens is 339 g/mol. The Morgan fingerprint density at radius 2 is 1.88 bits per heavy atom. The number of aryl methyl sites for hydroxylation is 1. The van der Waals surface area contributed by atoms with E-state index in [1.54, 1.807) is 6.07 Å². The number of benzene rings is 1. The standard InChI is InChI=1S/C16H12F3N3OS/c1-10-2-4-11(5-3-10)13-8-12(23-22-13)9-24-15-20-7-6-14(21-15)16(17,18)19/h2-8H,9H2,1H3. The van der Waals surface area contributed by atoms with Gasteiger partial charge in [0.1, 0.15) is 17.1 Å². The summed E-state index contributed by atoms with van der Waals surface area (Å²) < 4.78 is 43.1. The van der Waals surface area contributed by atoms with Crippen molar-refractivity contribution in [2.45, 2.75) is 24.0 Å². The van der Waals surface area contributed by atoms with Crippen LogP contribution in [0.15, 0.2) is 52.3 Å². The van der Waals surface area contributed by atoms with Crippen LogP contribution in [0.4, 0.5) is 13.2 Å². The van der Waals surface area contributed by atoms with Gasteiger partial charge in [-0.25, -0.2) is 9.97 Å². The molecule has 0 aliphatic carbocycles. The second-order valence-electron chi connectivity index (χ2n) is 5.06. The molecule has 4 nitrogen and oxygen atoms in total. The van der Waals surface area contributed by atoms with E-state index in [0.29, 0.717) is 17.2 Å². The highest BCUT2D eigenvalue weighted by Crippen LogP contribution is 2.29. The molecule has 0 bridgehead atoms. The van der Waals surface area contributed by atoms with Crippen LogP contribution in [0.2, 0.25) is 0 Å². The van der Waals surface area contributed by atoms with Crippen molar-refractivity contribution in [3.05, 3.63) is 59.6 Å². The molecule has 0 fully saturated rings. The van der Waals surface area contributed by atoms with E-state index in [1.165, 1.54) is 0 Å². The summed E-state index contributed by atoms with van der Waals surface area (Å²) >= 11 is 1.06. The molecular formula is C16H12F3N3OS. The van der Waals surface area contributed by atoms with Crippen LogP contribution in [-0.4, -0.2) is 15.1 Å². The van der Waals surface area contributed by atoms with Gasteiger partial charge in [-0.3, -0.25) is 0 Å². The van der Waals surface area contributed by atoms with E-state index >= 15 is 0 Å². The quantitative estimate of drug-likeness (QED) is 0.501. The average Bonchev–Trinajstić information content (AvgIpc) is 3.02. The Morgan fingerprint density at radius 1 is 1.12 bits per heavy atom. The smallest absolute Gasteiger partial charge is 0.360 e. The van der Waals surface area contributed by atoms with Crippen LogP contribution >= 0.6 is 11.8 Å². The monoisotopic (exact) mass is 351 g/mol. The molecule has 0 amide bonds. The fourth-order valence-electron chi connectivity index (χ4n) is 1.95. The van der Waals surface area contributed by atoms with Crippen LogP contribution in [0.3, 0.4) is 0 Å². The first-order valence-electron chi connectivity index (χ1n) is 6.97. The van der Waals surface area contributed by atoms with Crippen molar-refractivity contribution in [2.24, 2.45) is 0 Å². The van der Waals surface area contributed by atoms with E-state index in [0.717, 1.165) is 35.2 Å². The van der Waals surface area contributed by atoms with E-state index in [9.17, 15) is 13.2 Å². The molecule has 1 aromatic carbocycles. The number of thioether (sulfide) groups is 1. The largest absolute Gasteiger partial charge is 0.433 e. The predicted octanol–water partition coefficient (Wildman–Crippen LogP) is 4.75. The fourth-order valence-corrected chi connectivity index (χ4v) is 2.65. The third-order valence-electron chi connectivity index (χ3n) is 3.17. The second kappa shape index (κ2) is 6.64. The van der Waals surface area contributed by atoms with Crippen molar-refractivity contribution in [3.63, 3.8) is 0 Å². The molecule has 0 aliphatic heterocycles. The predicted molar refractivity (Wildman–Crippen MR) is 83.3 cm³/mol. The first-order chi connectivity index (χ1) is 11.4. The average molecular weight is 351 g/mol. The van der Waals surface area contributed by atoms with E-state index < -0.39 is 11.9 Å². The van der Waals surface area contributed by atoms with Gasteiger partial charge in [-0.05, 0) is 13.0 Å². The Bertz CT molecular complexity index is 831. The normalized spacial score (nSPS) is 11.7. The Kier molecular flexibility index (Phi) is 4.57. The maximum absolute atomic E-state index is 12.6. The summed E-state index contributed by atoms with van der Waals surface area (Å²) in [5.74, 6) is 0.830. The molecule has 0 saturated carbocycles. The Balaban J connectivity index is 1.69. The van der Waals surface area contributed by atoms with Crippen molar-refractivity contribution < 1.29 is 17.7 Å². The summed E-state index contributed by atoms with van der Waals surface area (Å²) in [5, 5.41) is 4.02. The summed E-state index contributed by atoms with van der Waals surface area (Å²) in [6.45, 7) is 1.99. The summed E-state index contributed by atoms with van der Waals surface area (Å²) in [5.41, 5.74) is 1.77. The van der Waals surface area contributed by atoms with E-state index in [2.05, 4.69) is 15.1 Å². The van der Waals surface area contributed by atoms with Crippen molar-refractivity contribution in [2.75, 3.05) is 0 Å². The molecule has 2 heterocycles.